The number of aromatic nitrogens is 1. The molecule has 0 aliphatic rings. The molecule has 2 N–H and O–H groups in total. The SMILES string of the molecule is Cc1cncc(NS(=O)(=O)c2ccsc2C(=O)O)c1. The third-order valence-electron chi connectivity index (χ3n) is 2.24. The van der Waals surface area contributed by atoms with Crippen LogP contribution in [0.4, 0.5) is 5.69 Å². The second kappa shape index (κ2) is 4.98. The Kier molecular flexibility index (Phi) is 3.54. The van der Waals surface area contributed by atoms with Crippen molar-refractivity contribution < 1.29 is 18.3 Å². The molecule has 0 spiro atoms. The van der Waals surface area contributed by atoms with Gasteiger partial charge < -0.3 is 5.11 Å². The van der Waals surface area contributed by atoms with Crippen molar-refractivity contribution in [3.05, 3.63) is 40.3 Å². The van der Waals surface area contributed by atoms with E-state index in [4.69, 9.17) is 5.11 Å². The van der Waals surface area contributed by atoms with Gasteiger partial charge in [0.2, 0.25) is 0 Å². The average Bonchev–Trinajstić information content (AvgIpc) is 2.77. The Bertz CT molecular complexity index is 722. The van der Waals surface area contributed by atoms with Crippen LogP contribution < -0.4 is 4.72 Å². The fourth-order valence-corrected chi connectivity index (χ4v) is 3.78. The number of hydrogen-bond acceptors (Lipinski definition) is 5. The zero-order valence-electron chi connectivity index (χ0n) is 9.82. The Morgan fingerprint density at radius 1 is 1.42 bits per heavy atom. The predicted molar refractivity (Wildman–Crippen MR) is 71.1 cm³/mol. The van der Waals surface area contributed by atoms with Gasteiger partial charge in [0.15, 0.2) is 0 Å². The zero-order chi connectivity index (χ0) is 14.0. The maximum Gasteiger partial charge on any atom is 0.347 e. The van der Waals surface area contributed by atoms with E-state index < -0.39 is 16.0 Å². The van der Waals surface area contributed by atoms with Crippen LogP contribution in [0.2, 0.25) is 0 Å². The fourth-order valence-electron chi connectivity index (χ4n) is 1.49. The second-order valence-corrected chi connectivity index (χ2v) is 6.34. The van der Waals surface area contributed by atoms with Gasteiger partial charge in [0, 0.05) is 6.20 Å². The lowest BCUT2D eigenvalue weighted by molar-refractivity contribution is 0.0698. The summed E-state index contributed by atoms with van der Waals surface area (Å²) in [6.07, 6.45) is 2.95. The Morgan fingerprint density at radius 3 is 2.79 bits per heavy atom. The molecule has 2 rings (SSSR count). The lowest BCUT2D eigenvalue weighted by Gasteiger charge is -2.07. The molecule has 0 radical (unpaired) electrons. The van der Waals surface area contributed by atoms with Gasteiger partial charge in [-0.05, 0) is 30.0 Å². The molecule has 0 atom stereocenters. The molecule has 0 saturated carbocycles. The van der Waals surface area contributed by atoms with Gasteiger partial charge in [-0.3, -0.25) is 9.71 Å². The number of carboxylic acid groups (broad SMARTS) is 1. The van der Waals surface area contributed by atoms with E-state index in [1.54, 1.807) is 19.2 Å². The van der Waals surface area contributed by atoms with Crippen LogP contribution in [-0.4, -0.2) is 24.5 Å². The molecule has 0 saturated heterocycles. The highest BCUT2D eigenvalue weighted by Crippen LogP contribution is 2.24. The molecule has 0 aromatic carbocycles. The summed E-state index contributed by atoms with van der Waals surface area (Å²) in [5.74, 6) is -1.27. The number of aryl methyl sites for hydroxylation is 1. The fraction of sp³-hybridized carbons (Fsp3) is 0.0909. The quantitative estimate of drug-likeness (QED) is 0.899. The Labute approximate surface area is 113 Å². The minimum absolute atomic E-state index is 0.215. The number of nitrogens with zero attached hydrogens (tertiary/aromatic N) is 1. The Morgan fingerprint density at radius 2 is 2.16 bits per heavy atom. The second-order valence-electron chi connectivity index (χ2n) is 3.78. The molecule has 8 heteroatoms. The maximum atomic E-state index is 12.1. The van der Waals surface area contributed by atoms with E-state index in [9.17, 15) is 13.2 Å². The van der Waals surface area contributed by atoms with Crippen molar-refractivity contribution in [3.8, 4) is 0 Å². The summed E-state index contributed by atoms with van der Waals surface area (Å²) in [5.41, 5.74) is 1.09. The molecule has 2 aromatic heterocycles. The van der Waals surface area contributed by atoms with Crippen LogP contribution in [0, 0.1) is 6.92 Å². The first kappa shape index (κ1) is 13.5. The van der Waals surface area contributed by atoms with E-state index in [0.29, 0.717) is 5.69 Å². The lowest BCUT2D eigenvalue weighted by atomic mass is 10.3. The highest BCUT2D eigenvalue weighted by molar-refractivity contribution is 7.93. The Hall–Kier alpha value is -1.93. The highest BCUT2D eigenvalue weighted by Gasteiger charge is 2.23. The lowest BCUT2D eigenvalue weighted by Crippen LogP contribution is -2.15. The predicted octanol–water partition coefficient (Wildman–Crippen LogP) is 1.95. The highest BCUT2D eigenvalue weighted by atomic mass is 32.2. The van der Waals surface area contributed by atoms with E-state index >= 15 is 0 Å². The molecule has 100 valence electrons. The number of anilines is 1. The standard InChI is InChI=1S/C11H10N2O4S2/c1-7-4-8(6-12-5-7)13-19(16,17)9-2-3-18-10(9)11(14)15/h2-6,13H,1H3,(H,14,15). The molecule has 0 bridgehead atoms. The third-order valence-corrected chi connectivity index (χ3v) is 4.70. The summed E-state index contributed by atoms with van der Waals surface area (Å²) < 4.78 is 26.5. The number of hydrogen-bond donors (Lipinski definition) is 2. The molecule has 0 fully saturated rings. The van der Waals surface area contributed by atoms with Crippen molar-refractivity contribution in [2.45, 2.75) is 11.8 Å². The van der Waals surface area contributed by atoms with E-state index in [-0.39, 0.29) is 9.77 Å². The maximum absolute atomic E-state index is 12.1. The number of aromatic carboxylic acids is 1. The molecule has 0 aliphatic heterocycles. The Balaban J connectivity index is 2.38. The number of carbonyl (C=O) groups is 1. The molecule has 0 aliphatic carbocycles. The molecule has 0 amide bonds. The molecule has 2 heterocycles. The first-order chi connectivity index (χ1) is 8.90. The summed E-state index contributed by atoms with van der Waals surface area (Å²) in [6.45, 7) is 1.78. The minimum Gasteiger partial charge on any atom is -0.477 e. The smallest absolute Gasteiger partial charge is 0.347 e. The number of nitrogens with one attached hydrogen (secondary N) is 1. The van der Waals surface area contributed by atoms with E-state index in [0.717, 1.165) is 16.9 Å². The molecule has 0 unspecified atom stereocenters. The number of sulfonamides is 1. The molecular formula is C11H10N2O4S2. The van der Waals surface area contributed by atoms with Gasteiger partial charge in [-0.2, -0.15) is 0 Å². The molecule has 19 heavy (non-hydrogen) atoms. The zero-order valence-corrected chi connectivity index (χ0v) is 11.5. The summed E-state index contributed by atoms with van der Waals surface area (Å²) in [7, 11) is -3.92. The monoisotopic (exact) mass is 298 g/mol. The van der Waals surface area contributed by atoms with Crippen LogP contribution in [0.5, 0.6) is 0 Å². The van der Waals surface area contributed by atoms with Gasteiger partial charge in [-0.25, -0.2) is 13.2 Å². The summed E-state index contributed by atoms with van der Waals surface area (Å²) in [5, 5.41) is 10.4. The number of thiophene rings is 1. The molecule has 6 nitrogen and oxygen atoms in total. The van der Waals surface area contributed by atoms with Gasteiger partial charge in [0.05, 0.1) is 11.9 Å². The van der Waals surface area contributed by atoms with Crippen LogP contribution in [0.1, 0.15) is 15.2 Å². The van der Waals surface area contributed by atoms with E-state index in [1.165, 1.54) is 17.6 Å². The van der Waals surface area contributed by atoms with Crippen molar-refractivity contribution in [1.29, 1.82) is 0 Å². The van der Waals surface area contributed by atoms with E-state index in [2.05, 4.69) is 9.71 Å². The summed E-state index contributed by atoms with van der Waals surface area (Å²) in [4.78, 5) is 14.3. The number of rotatable bonds is 4. The first-order valence-corrected chi connectivity index (χ1v) is 7.52. The van der Waals surface area contributed by atoms with Crippen molar-refractivity contribution in [1.82, 2.24) is 4.98 Å². The van der Waals surface area contributed by atoms with Crippen LogP contribution >= 0.6 is 11.3 Å². The van der Waals surface area contributed by atoms with Crippen molar-refractivity contribution in [2.75, 3.05) is 4.72 Å². The van der Waals surface area contributed by atoms with Gasteiger partial charge in [0.25, 0.3) is 10.0 Å². The topological polar surface area (TPSA) is 96.4 Å². The summed E-state index contributed by atoms with van der Waals surface area (Å²) >= 11 is 0.864. The van der Waals surface area contributed by atoms with Gasteiger partial charge in [-0.1, -0.05) is 0 Å². The van der Waals surface area contributed by atoms with Crippen molar-refractivity contribution in [3.63, 3.8) is 0 Å². The average molecular weight is 298 g/mol. The van der Waals surface area contributed by atoms with E-state index in [1.807, 2.05) is 0 Å². The number of pyridine rings is 1. The van der Waals surface area contributed by atoms with Crippen LogP contribution in [0.15, 0.2) is 34.8 Å². The largest absolute Gasteiger partial charge is 0.477 e. The van der Waals surface area contributed by atoms with Crippen LogP contribution in [-0.2, 0) is 10.0 Å². The van der Waals surface area contributed by atoms with Gasteiger partial charge in [-0.15, -0.1) is 11.3 Å². The van der Waals surface area contributed by atoms with Gasteiger partial charge >= 0.3 is 5.97 Å². The van der Waals surface area contributed by atoms with Gasteiger partial charge in [0.1, 0.15) is 9.77 Å². The molecule has 2 aromatic rings. The number of carboxylic acids is 1. The van der Waals surface area contributed by atoms with Crippen molar-refractivity contribution in [2.24, 2.45) is 0 Å². The van der Waals surface area contributed by atoms with Crippen molar-refractivity contribution >= 4 is 33.0 Å². The first-order valence-electron chi connectivity index (χ1n) is 5.15. The van der Waals surface area contributed by atoms with Crippen LogP contribution in [0.3, 0.4) is 0 Å². The van der Waals surface area contributed by atoms with Crippen LogP contribution in [0.25, 0.3) is 0 Å². The normalized spacial score (nSPS) is 11.2. The molecular weight excluding hydrogens is 288 g/mol. The third kappa shape index (κ3) is 2.91. The summed E-state index contributed by atoms with van der Waals surface area (Å²) in [6, 6.07) is 2.87. The minimum atomic E-state index is -3.92.